The van der Waals surface area contributed by atoms with Gasteiger partial charge in [0.1, 0.15) is 11.5 Å². The Morgan fingerprint density at radius 2 is 1.19 bits per heavy atom. The van der Waals surface area contributed by atoms with E-state index in [-0.39, 0.29) is 39.0 Å². The van der Waals surface area contributed by atoms with Gasteiger partial charge >= 0.3 is 0 Å². The van der Waals surface area contributed by atoms with Crippen molar-refractivity contribution in [3.05, 3.63) is 65.1 Å². The number of hydrogen-bond donors (Lipinski definition) is 2. The first kappa shape index (κ1) is 43.3. The molecular weight excluding hydrogens is 656 g/mol. The van der Waals surface area contributed by atoms with Gasteiger partial charge in [-0.05, 0) is 103 Å². The van der Waals surface area contributed by atoms with Gasteiger partial charge in [0, 0.05) is 55.3 Å². The molecule has 47 heavy (non-hydrogen) atoms. The van der Waals surface area contributed by atoms with Crippen LogP contribution in [0.15, 0.2) is 34.3 Å². The smallest absolute Gasteiger partial charge is 0.128 e. The van der Waals surface area contributed by atoms with E-state index in [1.165, 1.54) is 62.5 Å². The minimum absolute atomic E-state index is 0. The fourth-order valence-corrected chi connectivity index (χ4v) is 6.94. The van der Waals surface area contributed by atoms with Crippen molar-refractivity contribution in [2.45, 2.75) is 151 Å². The third-order valence-corrected chi connectivity index (χ3v) is 9.58. The molecule has 0 aliphatic heterocycles. The van der Waals surface area contributed by atoms with E-state index >= 15 is 0 Å². The van der Waals surface area contributed by atoms with E-state index in [4.69, 9.17) is 9.98 Å². The summed E-state index contributed by atoms with van der Waals surface area (Å²) in [4.78, 5) is 9.63. The van der Waals surface area contributed by atoms with Gasteiger partial charge in [-0.25, -0.2) is 0 Å². The fraction of sp³-hybridized carbons (Fsp3) is 0.643. The van der Waals surface area contributed by atoms with Crippen LogP contribution < -0.4 is 0 Å². The van der Waals surface area contributed by atoms with Gasteiger partial charge in [0.05, 0.1) is 12.1 Å². The van der Waals surface area contributed by atoms with Gasteiger partial charge in [-0.15, -0.1) is 0 Å². The zero-order valence-corrected chi connectivity index (χ0v) is 34.2. The van der Waals surface area contributed by atoms with Crippen molar-refractivity contribution in [2.75, 3.05) is 0 Å². The summed E-state index contributed by atoms with van der Waals surface area (Å²) in [7, 11) is 0. The Morgan fingerprint density at radius 3 is 1.64 bits per heavy atom. The molecule has 4 atom stereocenters. The van der Waals surface area contributed by atoms with Gasteiger partial charge in [0.15, 0.2) is 0 Å². The van der Waals surface area contributed by atoms with Gasteiger partial charge in [-0.2, -0.15) is 0 Å². The monoisotopic (exact) mass is 721 g/mol. The van der Waals surface area contributed by atoms with Crippen molar-refractivity contribution in [3.8, 4) is 11.5 Å². The van der Waals surface area contributed by atoms with E-state index < -0.39 is 0 Å². The summed E-state index contributed by atoms with van der Waals surface area (Å²) in [6.45, 7) is 22.0. The van der Waals surface area contributed by atoms with Crippen LogP contribution in [0.25, 0.3) is 0 Å². The molecular formula is C42H67N2O2Zr-. The molecule has 4 rings (SSSR count). The van der Waals surface area contributed by atoms with Crippen LogP contribution >= 0.6 is 0 Å². The SMILES string of the molecule is CC(C)Cc1cc(C=NC2CCCCC2C)c(O)c(C(C)(C)C)c1.Cc1cc(C=NC2CCCCC2C)c(O)c(CC(C)C)c1.[CH3-].[Zr]. The fourth-order valence-electron chi connectivity index (χ4n) is 6.94. The summed E-state index contributed by atoms with van der Waals surface area (Å²) in [5.41, 5.74) is 6.26. The largest absolute Gasteiger partial charge is 0.507 e. The van der Waals surface area contributed by atoms with Crippen LogP contribution in [0.1, 0.15) is 147 Å². The molecule has 4 nitrogen and oxygen atoms in total. The summed E-state index contributed by atoms with van der Waals surface area (Å²) < 4.78 is 0. The number of aliphatic imine (C=N–C) groups is 2. The maximum absolute atomic E-state index is 10.8. The quantitative estimate of drug-likeness (QED) is 0.210. The standard InChI is InChI=1S/C22H35NO.C19H29NO.CH3.Zr/c1-15(2)11-17-12-18(21(24)19(13-17)22(4,5)6)14-23-20-10-8-7-9-16(20)3;1-13(2)9-16-10-14(3)11-17(19(16)21)12-20-18-8-6-5-7-15(18)4;;/h12-16,20,24H,7-11H2,1-6H3;10-13,15,18,21H,5-9H2,1-4H3;1H3;/q;;-1;. The Morgan fingerprint density at radius 1 is 0.723 bits per heavy atom. The van der Waals surface area contributed by atoms with Crippen LogP contribution in [0.5, 0.6) is 11.5 Å². The zero-order chi connectivity index (χ0) is 33.3. The third kappa shape index (κ3) is 13.6. The Labute approximate surface area is 308 Å². The number of phenolic OH excluding ortho intramolecular Hbond substituents is 2. The molecule has 0 heterocycles. The predicted octanol–water partition coefficient (Wildman–Crippen LogP) is 11.2. The Hall–Kier alpha value is -1.74. The number of rotatable bonds is 8. The van der Waals surface area contributed by atoms with E-state index in [9.17, 15) is 10.2 Å². The van der Waals surface area contributed by atoms with E-state index in [0.29, 0.717) is 47.3 Å². The van der Waals surface area contributed by atoms with Crippen LogP contribution in [0.3, 0.4) is 0 Å². The Kier molecular flexibility index (Phi) is 18.5. The molecule has 2 aromatic carbocycles. The van der Waals surface area contributed by atoms with Crippen LogP contribution in [0.2, 0.25) is 0 Å². The van der Waals surface area contributed by atoms with Crippen molar-refractivity contribution in [3.63, 3.8) is 0 Å². The minimum atomic E-state index is -0.0716. The molecule has 0 radical (unpaired) electrons. The first-order valence-electron chi connectivity index (χ1n) is 17.9. The summed E-state index contributed by atoms with van der Waals surface area (Å²) in [5.74, 6) is 3.28. The van der Waals surface area contributed by atoms with E-state index in [1.807, 2.05) is 18.5 Å². The molecule has 2 aliphatic rings. The van der Waals surface area contributed by atoms with E-state index in [2.05, 4.69) is 87.4 Å². The van der Waals surface area contributed by atoms with Crippen LogP contribution in [0.4, 0.5) is 0 Å². The van der Waals surface area contributed by atoms with Crippen molar-refractivity contribution in [1.82, 2.24) is 0 Å². The number of benzene rings is 2. The maximum atomic E-state index is 10.8. The second-order valence-corrected chi connectivity index (χ2v) is 16.1. The molecule has 2 aromatic rings. The molecule has 0 spiro atoms. The topological polar surface area (TPSA) is 65.2 Å². The predicted molar refractivity (Wildman–Crippen MR) is 201 cm³/mol. The van der Waals surface area contributed by atoms with Gasteiger partial charge in [0.2, 0.25) is 0 Å². The molecule has 2 N–H and O–H groups in total. The molecule has 2 fully saturated rings. The number of aromatic hydroxyl groups is 2. The van der Waals surface area contributed by atoms with Crippen molar-refractivity contribution in [2.24, 2.45) is 33.7 Å². The summed E-state index contributed by atoms with van der Waals surface area (Å²) >= 11 is 0. The molecule has 5 heteroatoms. The average molecular weight is 723 g/mol. The molecule has 2 saturated carbocycles. The second-order valence-electron chi connectivity index (χ2n) is 16.1. The number of hydrogen-bond acceptors (Lipinski definition) is 4. The molecule has 262 valence electrons. The average Bonchev–Trinajstić information content (AvgIpc) is 2.95. The van der Waals surface area contributed by atoms with E-state index in [0.717, 1.165) is 35.1 Å². The van der Waals surface area contributed by atoms with Gasteiger partial charge in [0.25, 0.3) is 0 Å². The number of phenols is 2. The third-order valence-electron chi connectivity index (χ3n) is 9.58. The van der Waals surface area contributed by atoms with Gasteiger partial charge in [-0.3, -0.25) is 9.98 Å². The summed E-state index contributed by atoms with van der Waals surface area (Å²) in [6.07, 6.45) is 15.9. The van der Waals surface area contributed by atoms with Crippen molar-refractivity contribution >= 4 is 12.4 Å². The second kappa shape index (κ2) is 20.1. The zero-order valence-electron chi connectivity index (χ0n) is 31.8. The normalized spacial score (nSPS) is 21.8. The number of nitrogens with zero attached hydrogens (tertiary/aromatic N) is 2. The summed E-state index contributed by atoms with van der Waals surface area (Å²) in [6, 6.07) is 9.26. The first-order chi connectivity index (χ1) is 21.1. The van der Waals surface area contributed by atoms with Crippen molar-refractivity contribution < 1.29 is 36.4 Å². The summed E-state index contributed by atoms with van der Waals surface area (Å²) in [5, 5.41) is 21.3. The number of aryl methyl sites for hydroxylation is 1. The maximum Gasteiger partial charge on any atom is 0.128 e. The Bertz CT molecular complexity index is 1290. The van der Waals surface area contributed by atoms with Crippen LogP contribution in [-0.2, 0) is 44.5 Å². The van der Waals surface area contributed by atoms with Crippen LogP contribution in [-0.4, -0.2) is 34.7 Å². The molecule has 2 aliphatic carbocycles. The van der Waals surface area contributed by atoms with Gasteiger partial charge in [-0.1, -0.05) is 100 Å². The first-order valence-corrected chi connectivity index (χ1v) is 17.9. The molecule has 0 saturated heterocycles. The molecule has 0 bridgehead atoms. The van der Waals surface area contributed by atoms with Gasteiger partial charge < -0.3 is 17.6 Å². The minimum Gasteiger partial charge on any atom is -0.507 e. The van der Waals surface area contributed by atoms with E-state index in [1.54, 1.807) is 0 Å². The van der Waals surface area contributed by atoms with Crippen LogP contribution in [0, 0.1) is 38.0 Å². The molecule has 4 unspecified atom stereocenters. The Balaban J connectivity index is 0.000000454. The van der Waals surface area contributed by atoms with Crippen molar-refractivity contribution in [1.29, 1.82) is 0 Å². The molecule has 0 amide bonds. The molecule has 0 aromatic heterocycles.